The molecular weight excluding hydrogens is 480 g/mol. The minimum Gasteiger partial charge on any atom is -0.346 e. The van der Waals surface area contributed by atoms with Crippen molar-refractivity contribution in [3.63, 3.8) is 0 Å². The molecule has 14 heteroatoms. The van der Waals surface area contributed by atoms with Gasteiger partial charge in [0.25, 0.3) is 11.4 Å². The number of nitrogens with zero attached hydrogens (tertiary/aromatic N) is 4. The van der Waals surface area contributed by atoms with Crippen LogP contribution in [0.15, 0.2) is 49.1 Å². The molecule has 0 amide bonds. The third-order valence-corrected chi connectivity index (χ3v) is 5.72. The summed E-state index contributed by atoms with van der Waals surface area (Å²) in [5.41, 5.74) is 0.648. The number of rotatable bonds is 4. The Hall–Kier alpha value is -4.24. The lowest BCUT2D eigenvalue weighted by atomic mass is 9.97. The van der Waals surface area contributed by atoms with Crippen LogP contribution >= 0.6 is 0 Å². The minimum atomic E-state index is -0.664. The molecule has 2 fully saturated rings. The number of carbonyl (C=O) groups excluding carboxylic acids is 2. The van der Waals surface area contributed by atoms with Crippen molar-refractivity contribution < 1.29 is 38.4 Å². The molecule has 0 saturated carbocycles. The monoisotopic (exact) mass is 496 g/mol. The number of hydrogen-bond donors (Lipinski definition) is 0. The van der Waals surface area contributed by atoms with Gasteiger partial charge in [0.2, 0.25) is 0 Å². The largest absolute Gasteiger partial charge is 0.346 e. The van der Waals surface area contributed by atoms with Crippen LogP contribution in [0.5, 0.6) is 0 Å². The second-order valence-electron chi connectivity index (χ2n) is 7.84. The molecule has 0 radical (unpaired) electrons. The number of Topliss-reactive ketones (excluding diaryl/α,β-unsaturated/α-hetero) is 2. The number of nitro groups is 2. The van der Waals surface area contributed by atoms with Gasteiger partial charge in [-0.05, 0) is 24.3 Å². The molecule has 2 aromatic rings. The van der Waals surface area contributed by atoms with Gasteiger partial charge in [-0.25, -0.2) is 0 Å². The van der Waals surface area contributed by atoms with E-state index in [-0.39, 0.29) is 58.4 Å². The van der Waals surface area contributed by atoms with Crippen LogP contribution in [0.4, 0.5) is 11.4 Å². The van der Waals surface area contributed by atoms with Gasteiger partial charge in [0.15, 0.2) is 24.1 Å². The molecule has 0 spiro atoms. The van der Waals surface area contributed by atoms with Crippen molar-refractivity contribution in [1.82, 2.24) is 9.97 Å². The molecule has 6 heterocycles. The number of ketones is 2. The fraction of sp³-hybridized carbons (Fsp3) is 0.273. The van der Waals surface area contributed by atoms with Crippen molar-refractivity contribution in [3.8, 4) is 0 Å². The summed E-state index contributed by atoms with van der Waals surface area (Å²) >= 11 is 0. The Morgan fingerprint density at radius 2 is 1.17 bits per heavy atom. The molecular formula is C22H16N4O10. The van der Waals surface area contributed by atoms with Gasteiger partial charge in [-0.3, -0.25) is 39.8 Å². The molecule has 4 bridgehead atoms. The highest BCUT2D eigenvalue weighted by molar-refractivity contribution is 6.25. The zero-order chi connectivity index (χ0) is 25.4. The van der Waals surface area contributed by atoms with Crippen LogP contribution in [-0.4, -0.2) is 69.4 Å². The third-order valence-electron chi connectivity index (χ3n) is 5.72. The van der Waals surface area contributed by atoms with E-state index in [0.29, 0.717) is 0 Å². The maximum absolute atomic E-state index is 12.0. The van der Waals surface area contributed by atoms with E-state index in [2.05, 4.69) is 9.97 Å². The molecule has 0 unspecified atom stereocenters. The molecule has 14 nitrogen and oxygen atoms in total. The van der Waals surface area contributed by atoms with Crippen molar-refractivity contribution in [3.05, 3.63) is 80.4 Å². The predicted molar refractivity (Wildman–Crippen MR) is 117 cm³/mol. The Morgan fingerprint density at radius 3 is 1.56 bits per heavy atom. The van der Waals surface area contributed by atoms with Crippen LogP contribution in [0.3, 0.4) is 0 Å². The Morgan fingerprint density at radius 1 is 0.750 bits per heavy atom. The number of pyridine rings is 2. The first-order valence-electron chi connectivity index (χ1n) is 10.6. The quantitative estimate of drug-likeness (QED) is 0.438. The standard InChI is InChI=1S/2C11H8N2O5/c2*14-11-7(3-10-17-5-9(11)18-10)6-1-2-12-4-8(6)13(15)16/h2*1-4,9-10H,5H2/t2*9-,10-/m11/s1. The number of fused-ring (bicyclic) bond motifs is 4. The van der Waals surface area contributed by atoms with E-state index in [1.165, 1.54) is 36.7 Å². The first kappa shape index (κ1) is 23.5. The van der Waals surface area contributed by atoms with E-state index in [9.17, 15) is 29.8 Å². The van der Waals surface area contributed by atoms with E-state index in [1.54, 1.807) is 0 Å². The van der Waals surface area contributed by atoms with Crippen molar-refractivity contribution in [1.29, 1.82) is 0 Å². The summed E-state index contributed by atoms with van der Waals surface area (Å²) in [5.74, 6) is -0.587. The fourth-order valence-electron chi connectivity index (χ4n) is 4.04. The Balaban J connectivity index is 0.000000148. The van der Waals surface area contributed by atoms with E-state index >= 15 is 0 Å². The zero-order valence-electron chi connectivity index (χ0n) is 18.2. The summed E-state index contributed by atoms with van der Waals surface area (Å²) in [6.07, 6.45) is 5.48. The molecule has 6 rings (SSSR count). The lowest BCUT2D eigenvalue weighted by molar-refractivity contribution is -0.385. The van der Waals surface area contributed by atoms with Gasteiger partial charge >= 0.3 is 0 Å². The second kappa shape index (κ2) is 9.43. The molecule has 4 aliphatic rings. The third kappa shape index (κ3) is 4.29. The molecule has 2 aromatic heterocycles. The smallest absolute Gasteiger partial charge is 0.295 e. The summed E-state index contributed by atoms with van der Waals surface area (Å²) in [5, 5.41) is 21.8. The molecule has 0 N–H and O–H groups in total. The van der Waals surface area contributed by atoms with Gasteiger partial charge < -0.3 is 18.9 Å². The van der Waals surface area contributed by atoms with Crippen molar-refractivity contribution >= 4 is 34.1 Å². The highest BCUT2D eigenvalue weighted by Gasteiger charge is 2.40. The van der Waals surface area contributed by atoms with Crippen molar-refractivity contribution in [2.45, 2.75) is 24.8 Å². The summed E-state index contributed by atoms with van der Waals surface area (Å²) in [6.45, 7) is 0.366. The van der Waals surface area contributed by atoms with Gasteiger partial charge in [-0.2, -0.15) is 0 Å². The van der Waals surface area contributed by atoms with E-state index < -0.39 is 34.6 Å². The number of aromatic nitrogens is 2. The molecule has 2 saturated heterocycles. The van der Waals surface area contributed by atoms with E-state index in [0.717, 1.165) is 12.4 Å². The van der Waals surface area contributed by atoms with Crippen LogP contribution in [0.2, 0.25) is 0 Å². The van der Waals surface area contributed by atoms with Gasteiger partial charge in [0, 0.05) is 23.5 Å². The SMILES string of the molecule is O=C1C(c2ccncc2[N+](=O)[O-])=C[C@@H]2OC[C@H]1O2.O=C1C(c2ccncc2[N+](=O)[O-])=C[C@@H]2OC[C@H]1O2. The van der Waals surface area contributed by atoms with Crippen LogP contribution in [0.1, 0.15) is 11.1 Å². The normalized spacial score (nSPS) is 26.0. The van der Waals surface area contributed by atoms with Crippen LogP contribution in [0, 0.1) is 20.2 Å². The summed E-state index contributed by atoms with van der Waals surface area (Å²) in [7, 11) is 0. The van der Waals surface area contributed by atoms with Gasteiger partial charge in [-0.15, -0.1) is 0 Å². The maximum Gasteiger partial charge on any atom is 0.295 e. The average Bonchev–Trinajstić information content (AvgIpc) is 3.49. The van der Waals surface area contributed by atoms with Crippen LogP contribution < -0.4 is 0 Å². The summed E-state index contributed by atoms with van der Waals surface area (Å²) in [4.78, 5) is 52.2. The Labute approximate surface area is 201 Å². The van der Waals surface area contributed by atoms with Gasteiger partial charge in [-0.1, -0.05) is 0 Å². The number of carbonyl (C=O) groups is 2. The van der Waals surface area contributed by atoms with Gasteiger partial charge in [0.1, 0.15) is 24.6 Å². The van der Waals surface area contributed by atoms with E-state index in [4.69, 9.17) is 18.9 Å². The topological polar surface area (TPSA) is 183 Å². The minimum absolute atomic E-state index is 0.183. The first-order valence-corrected chi connectivity index (χ1v) is 10.6. The first-order chi connectivity index (χ1) is 17.3. The highest BCUT2D eigenvalue weighted by Crippen LogP contribution is 2.34. The maximum atomic E-state index is 12.0. The molecule has 4 atom stereocenters. The molecule has 0 aromatic carbocycles. The van der Waals surface area contributed by atoms with Crippen LogP contribution in [0.25, 0.3) is 11.1 Å². The van der Waals surface area contributed by atoms with Crippen molar-refractivity contribution in [2.24, 2.45) is 0 Å². The summed E-state index contributed by atoms with van der Waals surface area (Å²) < 4.78 is 20.8. The Bertz CT molecular complexity index is 1240. The second-order valence-corrected chi connectivity index (χ2v) is 7.84. The molecule has 0 aliphatic carbocycles. The number of hydrogen-bond acceptors (Lipinski definition) is 12. The Kier molecular flexibility index (Phi) is 6.15. The summed E-state index contributed by atoms with van der Waals surface area (Å²) in [6, 6.07) is 2.90. The number of ether oxygens (including phenoxy) is 4. The lowest BCUT2D eigenvalue weighted by Gasteiger charge is -2.17. The van der Waals surface area contributed by atoms with Gasteiger partial charge in [0.05, 0.1) is 34.2 Å². The lowest BCUT2D eigenvalue weighted by Crippen LogP contribution is -2.28. The average molecular weight is 496 g/mol. The molecule has 184 valence electrons. The zero-order valence-corrected chi connectivity index (χ0v) is 18.2. The van der Waals surface area contributed by atoms with E-state index in [1.807, 2.05) is 0 Å². The fourth-order valence-corrected chi connectivity index (χ4v) is 4.04. The van der Waals surface area contributed by atoms with Crippen LogP contribution in [-0.2, 0) is 28.5 Å². The van der Waals surface area contributed by atoms with Crippen molar-refractivity contribution in [2.75, 3.05) is 13.2 Å². The predicted octanol–water partition coefficient (Wildman–Crippen LogP) is 1.39. The molecule has 4 aliphatic heterocycles. The highest BCUT2D eigenvalue weighted by atomic mass is 16.7. The molecule has 36 heavy (non-hydrogen) atoms.